The Morgan fingerprint density at radius 1 is 0.757 bits per heavy atom. The molecule has 9 heteroatoms. The van der Waals surface area contributed by atoms with Gasteiger partial charge in [0.1, 0.15) is 12.1 Å². The number of hydrogen-bond donors (Lipinski definition) is 4. The summed E-state index contributed by atoms with van der Waals surface area (Å²) >= 11 is 0. The molecule has 3 amide bonds. The van der Waals surface area contributed by atoms with E-state index < -0.39 is 48.1 Å². The minimum Gasteiger partial charge on any atom is -0.481 e. The number of carboxylic acids is 1. The zero-order valence-electron chi connectivity index (χ0n) is 21.4. The first kappa shape index (κ1) is 29.2. The van der Waals surface area contributed by atoms with Crippen LogP contribution in [0.25, 0.3) is 0 Å². The Hall–Kier alpha value is -4.01. The van der Waals surface area contributed by atoms with Crippen molar-refractivity contribution < 1.29 is 29.1 Å². The molecule has 0 bridgehead atoms. The van der Waals surface area contributed by atoms with Gasteiger partial charge in [0.05, 0.1) is 12.5 Å². The van der Waals surface area contributed by atoms with Gasteiger partial charge in [-0.1, -0.05) is 74.5 Å². The summed E-state index contributed by atoms with van der Waals surface area (Å²) in [5.41, 5.74) is 1.70. The third-order valence-corrected chi connectivity index (χ3v) is 5.81. The van der Waals surface area contributed by atoms with Crippen molar-refractivity contribution in [3.63, 3.8) is 0 Å². The SMILES string of the molecule is CC(C)[C@H](NC(=O)CCc1ccccc1)C(=O)N[C@@H](C)C(=O)NC(CC(=O)O)C(=O)Cc1ccccc1. The number of aryl methyl sites for hydroxylation is 1. The third-order valence-electron chi connectivity index (χ3n) is 5.81. The fourth-order valence-electron chi connectivity index (χ4n) is 3.69. The van der Waals surface area contributed by atoms with Crippen LogP contribution in [0.4, 0.5) is 0 Å². The number of aliphatic carboxylic acids is 1. The van der Waals surface area contributed by atoms with E-state index in [-0.39, 0.29) is 24.7 Å². The molecule has 0 heterocycles. The number of benzene rings is 2. The van der Waals surface area contributed by atoms with Crippen LogP contribution in [0.2, 0.25) is 0 Å². The van der Waals surface area contributed by atoms with E-state index in [1.807, 2.05) is 30.3 Å². The molecule has 3 atom stereocenters. The molecule has 37 heavy (non-hydrogen) atoms. The summed E-state index contributed by atoms with van der Waals surface area (Å²) in [6.45, 7) is 4.98. The first-order valence-electron chi connectivity index (χ1n) is 12.3. The summed E-state index contributed by atoms with van der Waals surface area (Å²) in [7, 11) is 0. The van der Waals surface area contributed by atoms with Gasteiger partial charge in [0.2, 0.25) is 17.7 Å². The number of carboxylic acid groups (broad SMARTS) is 1. The molecule has 1 unspecified atom stereocenters. The van der Waals surface area contributed by atoms with Crippen LogP contribution in [0.15, 0.2) is 60.7 Å². The van der Waals surface area contributed by atoms with Gasteiger partial charge in [0, 0.05) is 12.8 Å². The van der Waals surface area contributed by atoms with Crippen LogP contribution in [0.3, 0.4) is 0 Å². The molecule has 2 aromatic rings. The standard InChI is InChI=1S/C28H35N3O6/c1-18(2)26(31-24(33)15-14-20-10-6-4-7-11-20)28(37)29-19(3)27(36)30-22(17-25(34)35)23(32)16-21-12-8-5-9-13-21/h4-13,18-19,22,26H,14-17H2,1-3H3,(H,29,37)(H,30,36)(H,31,33)(H,34,35)/t19-,22?,26-/m0/s1. The van der Waals surface area contributed by atoms with Crippen molar-refractivity contribution in [1.29, 1.82) is 0 Å². The Bertz CT molecular complexity index is 1070. The van der Waals surface area contributed by atoms with Crippen LogP contribution >= 0.6 is 0 Å². The number of carbonyl (C=O) groups is 5. The first-order valence-corrected chi connectivity index (χ1v) is 12.3. The molecule has 0 saturated heterocycles. The minimum absolute atomic E-state index is 0.0375. The van der Waals surface area contributed by atoms with Gasteiger partial charge in [-0.3, -0.25) is 24.0 Å². The van der Waals surface area contributed by atoms with Crippen molar-refractivity contribution in [2.24, 2.45) is 5.92 Å². The normalized spacial score (nSPS) is 13.2. The highest BCUT2D eigenvalue weighted by Gasteiger charge is 2.29. The summed E-state index contributed by atoms with van der Waals surface area (Å²) in [5.74, 6) is -3.46. The number of rotatable bonds is 14. The molecular weight excluding hydrogens is 474 g/mol. The monoisotopic (exact) mass is 509 g/mol. The van der Waals surface area contributed by atoms with Crippen LogP contribution in [-0.4, -0.2) is 52.7 Å². The number of Topliss-reactive ketones (excluding diaryl/α,β-unsaturated/α-hetero) is 1. The Morgan fingerprint density at radius 2 is 1.32 bits per heavy atom. The lowest BCUT2D eigenvalue weighted by Crippen LogP contribution is -2.56. The number of amides is 3. The molecule has 4 N–H and O–H groups in total. The fraction of sp³-hybridized carbons (Fsp3) is 0.393. The molecule has 0 radical (unpaired) electrons. The highest BCUT2D eigenvalue weighted by Crippen LogP contribution is 2.08. The average Bonchev–Trinajstić information content (AvgIpc) is 2.86. The molecule has 0 saturated carbocycles. The summed E-state index contributed by atoms with van der Waals surface area (Å²) < 4.78 is 0. The quantitative estimate of drug-likeness (QED) is 0.307. The lowest BCUT2D eigenvalue weighted by Gasteiger charge is -2.25. The molecule has 9 nitrogen and oxygen atoms in total. The zero-order valence-corrected chi connectivity index (χ0v) is 21.4. The minimum atomic E-state index is -1.25. The van der Waals surface area contributed by atoms with Gasteiger partial charge in [-0.2, -0.15) is 0 Å². The van der Waals surface area contributed by atoms with Gasteiger partial charge >= 0.3 is 5.97 Å². The summed E-state index contributed by atoms with van der Waals surface area (Å²) in [4.78, 5) is 62.1. The van der Waals surface area contributed by atoms with E-state index in [2.05, 4.69) is 16.0 Å². The molecule has 198 valence electrons. The van der Waals surface area contributed by atoms with Gasteiger partial charge in [-0.05, 0) is 30.4 Å². The van der Waals surface area contributed by atoms with Crippen LogP contribution in [0.1, 0.15) is 44.7 Å². The molecule has 0 aliphatic carbocycles. The maximum absolute atomic E-state index is 12.9. The third kappa shape index (κ3) is 10.2. The molecule has 0 fully saturated rings. The predicted molar refractivity (Wildman–Crippen MR) is 138 cm³/mol. The highest BCUT2D eigenvalue weighted by atomic mass is 16.4. The van der Waals surface area contributed by atoms with Crippen LogP contribution in [0, 0.1) is 5.92 Å². The van der Waals surface area contributed by atoms with Crippen molar-refractivity contribution >= 4 is 29.5 Å². The van der Waals surface area contributed by atoms with Crippen molar-refractivity contribution in [1.82, 2.24) is 16.0 Å². The Labute approximate surface area is 217 Å². The van der Waals surface area contributed by atoms with Gasteiger partial charge in [0.15, 0.2) is 5.78 Å². The number of ketones is 1. The Kier molecular flexibility index (Phi) is 11.5. The predicted octanol–water partition coefficient (Wildman–Crippen LogP) is 2.04. The molecule has 0 spiro atoms. The molecule has 0 aliphatic heterocycles. The van der Waals surface area contributed by atoms with Gasteiger partial charge in [-0.25, -0.2) is 0 Å². The van der Waals surface area contributed by atoms with Crippen LogP contribution < -0.4 is 16.0 Å². The second kappa shape index (κ2) is 14.5. The summed E-state index contributed by atoms with van der Waals surface area (Å²) in [5, 5.41) is 17.0. The molecular formula is C28H35N3O6. The van der Waals surface area contributed by atoms with Gasteiger partial charge in [0.25, 0.3) is 0 Å². The Morgan fingerprint density at radius 3 is 1.86 bits per heavy atom. The van der Waals surface area contributed by atoms with Gasteiger partial charge < -0.3 is 21.1 Å². The number of nitrogens with one attached hydrogen (secondary N) is 3. The van der Waals surface area contributed by atoms with Crippen LogP contribution in [0.5, 0.6) is 0 Å². The highest BCUT2D eigenvalue weighted by molar-refractivity contribution is 5.96. The summed E-state index contributed by atoms with van der Waals surface area (Å²) in [6.07, 6.45) is 0.116. The second-order valence-electron chi connectivity index (χ2n) is 9.29. The van der Waals surface area contributed by atoms with Crippen molar-refractivity contribution in [3.8, 4) is 0 Å². The lowest BCUT2D eigenvalue weighted by atomic mass is 10.0. The fourth-order valence-corrected chi connectivity index (χ4v) is 3.69. The smallest absolute Gasteiger partial charge is 0.305 e. The van der Waals surface area contributed by atoms with E-state index in [0.29, 0.717) is 12.0 Å². The zero-order chi connectivity index (χ0) is 27.4. The largest absolute Gasteiger partial charge is 0.481 e. The topological polar surface area (TPSA) is 142 Å². The van der Waals surface area contributed by atoms with Crippen molar-refractivity contribution in [3.05, 3.63) is 71.8 Å². The lowest BCUT2D eigenvalue weighted by molar-refractivity contribution is -0.140. The Balaban J connectivity index is 1.95. The van der Waals surface area contributed by atoms with E-state index in [9.17, 15) is 29.1 Å². The molecule has 2 rings (SSSR count). The van der Waals surface area contributed by atoms with E-state index >= 15 is 0 Å². The van der Waals surface area contributed by atoms with E-state index in [1.165, 1.54) is 6.92 Å². The first-order chi connectivity index (χ1) is 17.6. The summed E-state index contributed by atoms with van der Waals surface area (Å²) in [6, 6.07) is 15.1. The van der Waals surface area contributed by atoms with E-state index in [4.69, 9.17) is 0 Å². The average molecular weight is 510 g/mol. The van der Waals surface area contributed by atoms with E-state index in [0.717, 1.165) is 5.56 Å². The van der Waals surface area contributed by atoms with Gasteiger partial charge in [-0.15, -0.1) is 0 Å². The number of carbonyl (C=O) groups excluding carboxylic acids is 4. The van der Waals surface area contributed by atoms with E-state index in [1.54, 1.807) is 44.2 Å². The maximum Gasteiger partial charge on any atom is 0.305 e. The van der Waals surface area contributed by atoms with Crippen molar-refractivity contribution in [2.45, 2.75) is 64.6 Å². The molecule has 0 aromatic heterocycles. The second-order valence-corrected chi connectivity index (χ2v) is 9.29. The maximum atomic E-state index is 12.9. The van der Waals surface area contributed by atoms with Crippen LogP contribution in [-0.2, 0) is 36.8 Å². The molecule has 2 aromatic carbocycles. The number of hydrogen-bond acceptors (Lipinski definition) is 5. The van der Waals surface area contributed by atoms with Crippen molar-refractivity contribution in [2.75, 3.05) is 0 Å². The molecule has 0 aliphatic rings.